The normalized spacial score (nSPS) is 16.9. The van der Waals surface area contributed by atoms with Gasteiger partial charge in [-0.25, -0.2) is 0 Å². The number of carbonyl (C=O) groups is 2. The van der Waals surface area contributed by atoms with Crippen LogP contribution in [0.2, 0.25) is 5.02 Å². The quantitative estimate of drug-likeness (QED) is 0.762. The highest BCUT2D eigenvalue weighted by Crippen LogP contribution is 2.49. The van der Waals surface area contributed by atoms with E-state index in [-0.39, 0.29) is 18.4 Å². The Kier molecular flexibility index (Phi) is 5.69. The van der Waals surface area contributed by atoms with Crippen molar-refractivity contribution in [3.05, 3.63) is 34.9 Å². The highest BCUT2D eigenvalue weighted by Gasteiger charge is 2.49. The number of rotatable bonds is 8. The van der Waals surface area contributed by atoms with Gasteiger partial charge in [-0.3, -0.25) is 9.59 Å². The number of hydrogen-bond acceptors (Lipinski definition) is 2. The van der Waals surface area contributed by atoms with Gasteiger partial charge in [0.2, 0.25) is 5.91 Å². The summed E-state index contributed by atoms with van der Waals surface area (Å²) >= 11 is 6.18. The molecule has 1 amide bonds. The van der Waals surface area contributed by atoms with Crippen LogP contribution in [0.25, 0.3) is 0 Å². The van der Waals surface area contributed by atoms with Gasteiger partial charge in [0.25, 0.3) is 0 Å². The van der Waals surface area contributed by atoms with E-state index in [4.69, 9.17) is 11.6 Å². The van der Waals surface area contributed by atoms with Gasteiger partial charge in [-0.05, 0) is 43.2 Å². The molecule has 4 nitrogen and oxygen atoms in total. The zero-order valence-corrected chi connectivity index (χ0v) is 14.4. The minimum atomic E-state index is -0.852. The number of hydrogen-bond donors (Lipinski definition) is 2. The predicted molar refractivity (Wildman–Crippen MR) is 90.4 cm³/mol. The number of carboxylic acid groups (broad SMARTS) is 1. The highest BCUT2D eigenvalue weighted by molar-refractivity contribution is 6.31. The van der Waals surface area contributed by atoms with Crippen molar-refractivity contribution in [2.24, 2.45) is 17.3 Å². The summed E-state index contributed by atoms with van der Waals surface area (Å²) in [5.41, 5.74) is 0.560. The van der Waals surface area contributed by atoms with Crippen LogP contribution in [0.3, 0.4) is 0 Å². The third-order valence-corrected chi connectivity index (χ3v) is 4.80. The first-order valence-electron chi connectivity index (χ1n) is 8.08. The van der Waals surface area contributed by atoms with Gasteiger partial charge in [0.1, 0.15) is 0 Å². The summed E-state index contributed by atoms with van der Waals surface area (Å²) in [7, 11) is 0. The maximum absolute atomic E-state index is 12.5. The molecule has 1 fully saturated rings. The van der Waals surface area contributed by atoms with Gasteiger partial charge < -0.3 is 10.4 Å². The fraction of sp³-hybridized carbons (Fsp3) is 0.556. The molecule has 5 heteroatoms. The van der Waals surface area contributed by atoms with Crippen molar-refractivity contribution in [3.63, 3.8) is 0 Å². The van der Waals surface area contributed by atoms with Crippen LogP contribution >= 0.6 is 11.6 Å². The lowest BCUT2D eigenvalue weighted by Crippen LogP contribution is -2.38. The molecule has 0 radical (unpaired) electrons. The van der Waals surface area contributed by atoms with Crippen molar-refractivity contribution in [1.82, 2.24) is 5.32 Å². The lowest BCUT2D eigenvalue weighted by Gasteiger charge is -2.19. The predicted octanol–water partition coefficient (Wildman–Crippen LogP) is 3.53. The second-order valence-corrected chi connectivity index (χ2v) is 7.33. The monoisotopic (exact) mass is 337 g/mol. The second kappa shape index (κ2) is 7.35. The molecule has 0 saturated heterocycles. The maximum Gasteiger partial charge on any atom is 0.308 e. The first-order chi connectivity index (χ1) is 10.8. The van der Waals surface area contributed by atoms with E-state index in [2.05, 4.69) is 5.32 Å². The fourth-order valence-corrected chi connectivity index (χ4v) is 3.09. The summed E-state index contributed by atoms with van der Waals surface area (Å²) in [6.45, 7) is 4.16. The topological polar surface area (TPSA) is 66.4 Å². The van der Waals surface area contributed by atoms with Crippen molar-refractivity contribution >= 4 is 23.5 Å². The zero-order chi connectivity index (χ0) is 17.0. The van der Waals surface area contributed by atoms with Crippen molar-refractivity contribution < 1.29 is 14.7 Å². The van der Waals surface area contributed by atoms with Crippen molar-refractivity contribution in [2.75, 3.05) is 6.54 Å². The molecule has 1 aromatic carbocycles. The molecule has 1 aliphatic carbocycles. The number of carboxylic acids is 1. The minimum Gasteiger partial charge on any atom is -0.481 e. The van der Waals surface area contributed by atoms with E-state index in [1.165, 1.54) is 0 Å². The van der Waals surface area contributed by atoms with Crippen LogP contribution in [-0.2, 0) is 16.0 Å². The van der Waals surface area contributed by atoms with Crippen LogP contribution in [0.4, 0.5) is 0 Å². The zero-order valence-electron chi connectivity index (χ0n) is 13.6. The van der Waals surface area contributed by atoms with Gasteiger partial charge in [-0.1, -0.05) is 43.6 Å². The van der Waals surface area contributed by atoms with E-state index in [0.29, 0.717) is 17.9 Å². The first-order valence-corrected chi connectivity index (χ1v) is 8.46. The van der Waals surface area contributed by atoms with E-state index in [1.807, 2.05) is 38.1 Å². The molecule has 0 bridgehead atoms. The summed E-state index contributed by atoms with van der Waals surface area (Å²) in [5, 5.41) is 12.8. The molecule has 0 heterocycles. The molecule has 1 unspecified atom stereocenters. The molecular formula is C18H24ClNO3. The van der Waals surface area contributed by atoms with Crippen molar-refractivity contribution in [3.8, 4) is 0 Å². The van der Waals surface area contributed by atoms with E-state index in [1.54, 1.807) is 0 Å². The molecular weight excluding hydrogens is 314 g/mol. The summed E-state index contributed by atoms with van der Waals surface area (Å²) in [4.78, 5) is 23.8. The standard InChI is InChI=1S/C18H24ClNO3/c1-12(2)9-14(16(21)22)11-20-17(23)18(7-8-18)10-13-5-3-4-6-15(13)19/h3-6,12,14H,7-11H2,1-2H3,(H,20,23)(H,21,22). The molecule has 1 aromatic rings. The van der Waals surface area contributed by atoms with E-state index in [0.717, 1.165) is 18.4 Å². The Morgan fingerprint density at radius 2 is 1.96 bits per heavy atom. The smallest absolute Gasteiger partial charge is 0.308 e. The van der Waals surface area contributed by atoms with Gasteiger partial charge in [-0.15, -0.1) is 0 Å². The Hall–Kier alpha value is -1.55. The molecule has 2 N–H and O–H groups in total. The largest absolute Gasteiger partial charge is 0.481 e. The van der Waals surface area contributed by atoms with Crippen molar-refractivity contribution in [1.29, 1.82) is 0 Å². The molecule has 0 aliphatic heterocycles. The molecule has 0 spiro atoms. The lowest BCUT2D eigenvalue weighted by atomic mass is 9.94. The van der Waals surface area contributed by atoms with Gasteiger partial charge in [-0.2, -0.15) is 0 Å². The minimum absolute atomic E-state index is 0.0487. The number of benzene rings is 1. The molecule has 1 saturated carbocycles. The van der Waals surface area contributed by atoms with Crippen LogP contribution in [0.15, 0.2) is 24.3 Å². The number of nitrogens with one attached hydrogen (secondary N) is 1. The van der Waals surface area contributed by atoms with Gasteiger partial charge in [0.15, 0.2) is 0 Å². The van der Waals surface area contributed by atoms with E-state index < -0.39 is 17.3 Å². The molecule has 2 rings (SSSR count). The lowest BCUT2D eigenvalue weighted by molar-refractivity contribution is -0.142. The SMILES string of the molecule is CC(C)CC(CNC(=O)C1(Cc2ccccc2Cl)CC1)C(=O)O. The van der Waals surface area contributed by atoms with Crippen LogP contribution < -0.4 is 5.32 Å². The molecule has 1 aliphatic rings. The Morgan fingerprint density at radius 3 is 2.48 bits per heavy atom. The first kappa shape index (κ1) is 17.8. The number of halogens is 1. The Balaban J connectivity index is 1.94. The van der Waals surface area contributed by atoms with Gasteiger partial charge >= 0.3 is 5.97 Å². The van der Waals surface area contributed by atoms with Crippen LogP contribution in [-0.4, -0.2) is 23.5 Å². The number of amides is 1. The number of aliphatic carboxylic acids is 1. The van der Waals surface area contributed by atoms with Gasteiger partial charge in [0.05, 0.1) is 11.3 Å². The number of carbonyl (C=O) groups excluding carboxylic acids is 1. The maximum atomic E-state index is 12.5. The average molecular weight is 338 g/mol. The summed E-state index contributed by atoms with van der Waals surface area (Å²) in [5.74, 6) is -1.15. The highest BCUT2D eigenvalue weighted by atomic mass is 35.5. The Morgan fingerprint density at radius 1 is 1.30 bits per heavy atom. The van der Waals surface area contributed by atoms with Crippen LogP contribution in [0, 0.1) is 17.3 Å². The second-order valence-electron chi connectivity index (χ2n) is 6.92. The van der Waals surface area contributed by atoms with Crippen LogP contribution in [0.5, 0.6) is 0 Å². The Labute approximate surface area is 142 Å². The third-order valence-electron chi connectivity index (χ3n) is 4.44. The average Bonchev–Trinajstić information content (AvgIpc) is 3.26. The molecule has 0 aromatic heterocycles. The van der Waals surface area contributed by atoms with Crippen LogP contribution in [0.1, 0.15) is 38.7 Å². The van der Waals surface area contributed by atoms with Gasteiger partial charge in [0, 0.05) is 11.6 Å². The van der Waals surface area contributed by atoms with Crippen molar-refractivity contribution in [2.45, 2.75) is 39.5 Å². The van der Waals surface area contributed by atoms with E-state index >= 15 is 0 Å². The Bertz CT molecular complexity index is 581. The molecule has 126 valence electrons. The third kappa shape index (κ3) is 4.71. The van der Waals surface area contributed by atoms with E-state index in [9.17, 15) is 14.7 Å². The summed E-state index contributed by atoms with van der Waals surface area (Å²) < 4.78 is 0. The molecule has 1 atom stereocenters. The summed E-state index contributed by atoms with van der Waals surface area (Å²) in [6.07, 6.45) is 2.82. The molecule has 23 heavy (non-hydrogen) atoms. The summed E-state index contributed by atoms with van der Waals surface area (Å²) in [6, 6.07) is 7.55. The fourth-order valence-electron chi connectivity index (χ4n) is 2.89.